The summed E-state index contributed by atoms with van der Waals surface area (Å²) in [5.74, 6) is 0. The first-order chi connectivity index (χ1) is 12.2. The molecule has 3 aromatic carbocycles. The van der Waals surface area contributed by atoms with E-state index in [1.54, 1.807) is 5.56 Å². The molecule has 0 nitrogen and oxygen atoms in total. The van der Waals surface area contributed by atoms with Crippen molar-refractivity contribution in [2.45, 2.75) is 58.8 Å². The number of hydrogen-bond acceptors (Lipinski definition) is 0. The summed E-state index contributed by atoms with van der Waals surface area (Å²) in [6, 6.07) is 20.6. The van der Waals surface area contributed by atoms with Crippen LogP contribution in [0.25, 0.3) is 21.9 Å². The third-order valence-electron chi connectivity index (χ3n) is 6.42. The molecule has 134 valence electrons. The molecule has 1 aliphatic carbocycles. The van der Waals surface area contributed by atoms with Gasteiger partial charge in [-0.3, -0.25) is 0 Å². The van der Waals surface area contributed by atoms with Gasteiger partial charge in [0.1, 0.15) is 0 Å². The molecular formula is C25H29Zr-. The van der Waals surface area contributed by atoms with Gasteiger partial charge in [0.15, 0.2) is 0 Å². The molecule has 1 heteroatoms. The Balaban J connectivity index is 0.00000196. The van der Waals surface area contributed by atoms with E-state index in [2.05, 4.69) is 68.4 Å². The van der Waals surface area contributed by atoms with Gasteiger partial charge in [0, 0.05) is 26.2 Å². The second kappa shape index (κ2) is 8.30. The number of rotatable bonds is 4. The van der Waals surface area contributed by atoms with Crippen molar-refractivity contribution in [3.63, 3.8) is 0 Å². The molecule has 4 rings (SSSR count). The molecule has 3 aromatic rings. The Morgan fingerprint density at radius 1 is 0.962 bits per heavy atom. The van der Waals surface area contributed by atoms with Gasteiger partial charge in [-0.05, 0) is 37.2 Å². The summed E-state index contributed by atoms with van der Waals surface area (Å²) in [7, 11) is 0. The van der Waals surface area contributed by atoms with Crippen LogP contribution in [-0.2, 0) is 32.6 Å². The summed E-state index contributed by atoms with van der Waals surface area (Å²) in [5, 5.41) is 2.82. The van der Waals surface area contributed by atoms with Crippen LogP contribution in [0.15, 0.2) is 54.6 Å². The van der Waals surface area contributed by atoms with Crippen LogP contribution in [0.1, 0.15) is 56.6 Å². The summed E-state index contributed by atoms with van der Waals surface area (Å²) in [4.78, 5) is 0. The number of fused-ring (bicyclic) bond motifs is 1. The fourth-order valence-corrected chi connectivity index (χ4v) is 4.77. The van der Waals surface area contributed by atoms with Gasteiger partial charge in [-0.25, -0.2) is 0 Å². The third-order valence-corrected chi connectivity index (χ3v) is 6.42. The zero-order valence-corrected chi connectivity index (χ0v) is 18.6. The molecule has 26 heavy (non-hydrogen) atoms. The van der Waals surface area contributed by atoms with Crippen molar-refractivity contribution in [3.8, 4) is 11.1 Å². The van der Waals surface area contributed by atoms with Gasteiger partial charge in [0.2, 0.25) is 0 Å². The Morgan fingerprint density at radius 2 is 1.69 bits per heavy atom. The molecule has 0 radical (unpaired) electrons. The maximum Gasteiger partial charge on any atom is 0 e. The molecule has 0 unspecified atom stereocenters. The number of benzene rings is 2. The van der Waals surface area contributed by atoms with E-state index in [-0.39, 0.29) is 26.2 Å². The average molecular weight is 421 g/mol. The zero-order valence-electron chi connectivity index (χ0n) is 16.1. The fraction of sp³-hybridized carbons (Fsp3) is 0.400. The Bertz CT molecular complexity index is 847. The van der Waals surface area contributed by atoms with E-state index < -0.39 is 0 Å². The van der Waals surface area contributed by atoms with Crippen LogP contribution in [0.4, 0.5) is 0 Å². The van der Waals surface area contributed by atoms with E-state index in [0.29, 0.717) is 5.41 Å². The van der Waals surface area contributed by atoms with E-state index in [1.165, 1.54) is 72.4 Å². The van der Waals surface area contributed by atoms with Crippen molar-refractivity contribution in [1.29, 1.82) is 0 Å². The second-order valence-electron chi connectivity index (χ2n) is 8.13. The van der Waals surface area contributed by atoms with Crippen LogP contribution >= 0.6 is 0 Å². The van der Waals surface area contributed by atoms with Crippen LogP contribution in [0, 0.1) is 12.3 Å². The van der Waals surface area contributed by atoms with Crippen molar-refractivity contribution in [3.05, 3.63) is 65.7 Å². The molecule has 0 saturated heterocycles. The predicted octanol–water partition coefficient (Wildman–Crippen LogP) is 7.43. The first-order valence-corrected chi connectivity index (χ1v) is 9.94. The van der Waals surface area contributed by atoms with Gasteiger partial charge < -0.3 is 0 Å². The molecule has 0 amide bonds. The van der Waals surface area contributed by atoms with Crippen molar-refractivity contribution in [2.24, 2.45) is 5.41 Å². The number of aryl methyl sites for hydroxylation is 1. The molecule has 0 aliphatic heterocycles. The molecule has 0 aromatic heterocycles. The minimum absolute atomic E-state index is 0. The topological polar surface area (TPSA) is 0 Å². The molecule has 0 bridgehead atoms. The standard InChI is InChI=1S/C25H29.Zr/c1-3-25(14-5-4-6-15-25)18-20-16-22-8-7-9-23(24(22)17-20)21-12-10-19(2)11-13-21;/h7-13,16-17H,3-6,14-15,18H2,1-2H3;/q-1;. The monoisotopic (exact) mass is 419 g/mol. The third kappa shape index (κ3) is 3.94. The van der Waals surface area contributed by atoms with Gasteiger partial charge >= 0.3 is 0 Å². The quantitative estimate of drug-likeness (QED) is 0.385. The maximum absolute atomic E-state index is 2.47. The average Bonchev–Trinajstić information content (AvgIpc) is 3.05. The van der Waals surface area contributed by atoms with Crippen molar-refractivity contribution in [2.75, 3.05) is 0 Å². The van der Waals surface area contributed by atoms with Gasteiger partial charge in [-0.15, -0.1) is 34.5 Å². The van der Waals surface area contributed by atoms with E-state index in [0.717, 1.165) is 0 Å². The Morgan fingerprint density at radius 3 is 2.38 bits per heavy atom. The van der Waals surface area contributed by atoms with Gasteiger partial charge in [-0.2, -0.15) is 6.07 Å². The molecule has 1 fully saturated rings. The van der Waals surface area contributed by atoms with Crippen molar-refractivity contribution >= 4 is 10.8 Å². The van der Waals surface area contributed by atoms with E-state index >= 15 is 0 Å². The van der Waals surface area contributed by atoms with Crippen LogP contribution in [0.2, 0.25) is 0 Å². The molecule has 0 atom stereocenters. The Labute approximate surface area is 177 Å². The molecule has 1 aliphatic rings. The second-order valence-corrected chi connectivity index (χ2v) is 8.13. The first kappa shape index (κ1) is 19.7. The predicted molar refractivity (Wildman–Crippen MR) is 109 cm³/mol. The fourth-order valence-electron chi connectivity index (χ4n) is 4.77. The smallest absolute Gasteiger partial charge is 0 e. The Hall–Kier alpha value is -1.07. The summed E-state index contributed by atoms with van der Waals surface area (Å²) >= 11 is 0. The summed E-state index contributed by atoms with van der Waals surface area (Å²) in [6.45, 7) is 4.55. The molecule has 1 saturated carbocycles. The minimum atomic E-state index is 0. The van der Waals surface area contributed by atoms with Gasteiger partial charge in [0.05, 0.1) is 0 Å². The maximum atomic E-state index is 2.47. The van der Waals surface area contributed by atoms with Crippen LogP contribution in [0.5, 0.6) is 0 Å². The summed E-state index contributed by atoms with van der Waals surface area (Å²) < 4.78 is 0. The normalized spacial score (nSPS) is 16.4. The first-order valence-electron chi connectivity index (χ1n) is 9.94. The van der Waals surface area contributed by atoms with Crippen LogP contribution in [-0.4, -0.2) is 0 Å². The zero-order chi connectivity index (χ0) is 17.3. The molecule has 0 N–H and O–H groups in total. The van der Waals surface area contributed by atoms with Crippen LogP contribution < -0.4 is 0 Å². The molecule has 0 spiro atoms. The van der Waals surface area contributed by atoms with Gasteiger partial charge in [0.25, 0.3) is 0 Å². The van der Waals surface area contributed by atoms with E-state index in [4.69, 9.17) is 0 Å². The summed E-state index contributed by atoms with van der Waals surface area (Å²) in [6.07, 6.45) is 9.67. The molecule has 0 heterocycles. The van der Waals surface area contributed by atoms with Gasteiger partial charge in [-0.1, -0.05) is 74.1 Å². The van der Waals surface area contributed by atoms with Crippen molar-refractivity contribution in [1.82, 2.24) is 0 Å². The largest absolute Gasteiger partial charge is 0.164 e. The van der Waals surface area contributed by atoms with E-state index in [1.807, 2.05) is 0 Å². The van der Waals surface area contributed by atoms with Crippen molar-refractivity contribution < 1.29 is 26.2 Å². The van der Waals surface area contributed by atoms with E-state index in [9.17, 15) is 0 Å². The Kier molecular flexibility index (Phi) is 6.29. The van der Waals surface area contributed by atoms with Crippen LogP contribution in [0.3, 0.4) is 0 Å². The number of hydrogen-bond donors (Lipinski definition) is 0. The molecular weight excluding hydrogens is 391 g/mol. The summed E-state index contributed by atoms with van der Waals surface area (Å²) in [5.41, 5.74) is 6.11. The minimum Gasteiger partial charge on any atom is -0.164 e. The SMILES string of the molecule is CCC1(Cc2cc3c(-c4ccc(C)cc4)cccc3[cH-]2)CCCCC1.[Zr].